The van der Waals surface area contributed by atoms with E-state index in [2.05, 4.69) is 5.32 Å². The first kappa shape index (κ1) is 12.3. The van der Waals surface area contributed by atoms with Gasteiger partial charge < -0.3 is 20.1 Å². The number of morpholine rings is 1. The number of nitrogens with zero attached hydrogens (tertiary/aromatic N) is 1. The van der Waals surface area contributed by atoms with Gasteiger partial charge in [-0.25, -0.2) is 4.79 Å². The molecule has 0 aromatic carbocycles. The maximum Gasteiger partial charge on any atom is 0.317 e. The summed E-state index contributed by atoms with van der Waals surface area (Å²) in [5, 5.41) is 11.6. The van der Waals surface area contributed by atoms with Crippen LogP contribution in [0.2, 0.25) is 0 Å². The zero-order valence-electron chi connectivity index (χ0n) is 9.24. The molecule has 2 N–H and O–H groups in total. The number of amides is 2. The van der Waals surface area contributed by atoms with Gasteiger partial charge in [0, 0.05) is 25.7 Å². The Bertz CT molecular complexity index is 193. The van der Waals surface area contributed by atoms with Crippen LogP contribution < -0.4 is 5.32 Å². The molecule has 5 nitrogen and oxygen atoms in total. The largest absolute Gasteiger partial charge is 0.396 e. The third-order valence-corrected chi connectivity index (χ3v) is 2.46. The molecule has 1 rings (SSSR count). The SMILES string of the molecule is CC(CCCO)NC(=O)N1CCOCC1. The summed E-state index contributed by atoms with van der Waals surface area (Å²) < 4.78 is 5.17. The third-order valence-electron chi connectivity index (χ3n) is 2.46. The van der Waals surface area contributed by atoms with Gasteiger partial charge in [0.05, 0.1) is 13.2 Å². The number of rotatable bonds is 4. The highest BCUT2D eigenvalue weighted by molar-refractivity contribution is 5.74. The van der Waals surface area contributed by atoms with Crippen molar-refractivity contribution >= 4 is 6.03 Å². The van der Waals surface area contributed by atoms with Crippen molar-refractivity contribution < 1.29 is 14.6 Å². The number of aliphatic hydroxyl groups is 1. The van der Waals surface area contributed by atoms with Crippen molar-refractivity contribution in [1.29, 1.82) is 0 Å². The molecule has 0 aromatic heterocycles. The second-order valence-corrected chi connectivity index (χ2v) is 3.82. The first-order chi connectivity index (χ1) is 7.24. The molecule has 0 spiro atoms. The van der Waals surface area contributed by atoms with Crippen molar-refractivity contribution in [3.63, 3.8) is 0 Å². The highest BCUT2D eigenvalue weighted by Crippen LogP contribution is 2.00. The first-order valence-corrected chi connectivity index (χ1v) is 5.48. The molecule has 0 saturated carbocycles. The molecule has 0 bridgehead atoms. The van der Waals surface area contributed by atoms with Crippen LogP contribution in [0.4, 0.5) is 4.79 Å². The summed E-state index contributed by atoms with van der Waals surface area (Å²) in [6.45, 7) is 4.71. The molecule has 1 unspecified atom stereocenters. The lowest BCUT2D eigenvalue weighted by Crippen LogP contribution is -2.48. The zero-order valence-corrected chi connectivity index (χ0v) is 9.24. The lowest BCUT2D eigenvalue weighted by atomic mass is 10.2. The summed E-state index contributed by atoms with van der Waals surface area (Å²) in [7, 11) is 0. The highest BCUT2D eigenvalue weighted by atomic mass is 16.5. The minimum Gasteiger partial charge on any atom is -0.396 e. The van der Waals surface area contributed by atoms with Crippen molar-refractivity contribution in [1.82, 2.24) is 10.2 Å². The van der Waals surface area contributed by atoms with Gasteiger partial charge in [0.2, 0.25) is 0 Å². The topological polar surface area (TPSA) is 61.8 Å². The Kier molecular flexibility index (Phi) is 5.42. The van der Waals surface area contributed by atoms with E-state index in [1.54, 1.807) is 4.90 Å². The van der Waals surface area contributed by atoms with Crippen molar-refractivity contribution in [2.75, 3.05) is 32.9 Å². The van der Waals surface area contributed by atoms with Crippen LogP contribution in [0.3, 0.4) is 0 Å². The molecular formula is C10H20N2O3. The van der Waals surface area contributed by atoms with E-state index in [1.165, 1.54) is 0 Å². The Morgan fingerprint density at radius 1 is 1.53 bits per heavy atom. The average Bonchev–Trinajstić information content (AvgIpc) is 2.27. The summed E-state index contributed by atoms with van der Waals surface area (Å²) in [6.07, 6.45) is 1.54. The van der Waals surface area contributed by atoms with Gasteiger partial charge in [-0.1, -0.05) is 0 Å². The molecule has 1 saturated heterocycles. The van der Waals surface area contributed by atoms with Crippen LogP contribution in [-0.2, 0) is 4.74 Å². The Hall–Kier alpha value is -0.810. The Morgan fingerprint density at radius 2 is 2.20 bits per heavy atom. The van der Waals surface area contributed by atoms with Crippen LogP contribution in [0.5, 0.6) is 0 Å². The molecule has 5 heteroatoms. The highest BCUT2D eigenvalue weighted by Gasteiger charge is 2.17. The third kappa shape index (κ3) is 4.48. The quantitative estimate of drug-likeness (QED) is 0.705. The predicted molar refractivity (Wildman–Crippen MR) is 56.7 cm³/mol. The number of hydrogen-bond acceptors (Lipinski definition) is 3. The van der Waals surface area contributed by atoms with Crippen LogP contribution in [-0.4, -0.2) is 55.0 Å². The molecule has 88 valence electrons. The normalized spacial score (nSPS) is 18.7. The molecule has 2 amide bonds. The van der Waals surface area contributed by atoms with E-state index < -0.39 is 0 Å². The van der Waals surface area contributed by atoms with Gasteiger partial charge >= 0.3 is 6.03 Å². The minimum absolute atomic E-state index is 0.0243. The Morgan fingerprint density at radius 3 is 2.80 bits per heavy atom. The lowest BCUT2D eigenvalue weighted by molar-refractivity contribution is 0.0525. The summed E-state index contributed by atoms with van der Waals surface area (Å²) >= 11 is 0. The monoisotopic (exact) mass is 216 g/mol. The molecule has 1 atom stereocenters. The smallest absolute Gasteiger partial charge is 0.317 e. The lowest BCUT2D eigenvalue weighted by Gasteiger charge is -2.28. The van der Waals surface area contributed by atoms with Crippen LogP contribution in [0, 0.1) is 0 Å². The van der Waals surface area contributed by atoms with E-state index in [-0.39, 0.29) is 18.7 Å². The van der Waals surface area contributed by atoms with E-state index in [9.17, 15) is 4.79 Å². The number of aliphatic hydroxyl groups excluding tert-OH is 1. The van der Waals surface area contributed by atoms with Crippen molar-refractivity contribution in [3.8, 4) is 0 Å². The summed E-state index contributed by atoms with van der Waals surface area (Å²) in [4.78, 5) is 13.4. The maximum absolute atomic E-state index is 11.7. The fraction of sp³-hybridized carbons (Fsp3) is 0.900. The number of carbonyl (C=O) groups excluding carboxylic acids is 1. The second kappa shape index (κ2) is 6.63. The Labute approximate surface area is 90.4 Å². The molecule has 1 aliphatic rings. The molecule has 0 aromatic rings. The Balaban J connectivity index is 2.21. The van der Waals surface area contributed by atoms with Crippen LogP contribution in [0.1, 0.15) is 19.8 Å². The van der Waals surface area contributed by atoms with Gasteiger partial charge in [0.1, 0.15) is 0 Å². The van der Waals surface area contributed by atoms with Gasteiger partial charge in [-0.2, -0.15) is 0 Å². The minimum atomic E-state index is -0.0243. The molecule has 15 heavy (non-hydrogen) atoms. The van der Waals surface area contributed by atoms with E-state index in [0.29, 0.717) is 26.3 Å². The predicted octanol–water partition coefficient (Wildman–Crippen LogP) is 0.189. The molecule has 0 radical (unpaired) electrons. The average molecular weight is 216 g/mol. The first-order valence-electron chi connectivity index (χ1n) is 5.48. The van der Waals surface area contributed by atoms with Crippen molar-refractivity contribution in [2.24, 2.45) is 0 Å². The molecule has 1 aliphatic heterocycles. The molecule has 1 heterocycles. The van der Waals surface area contributed by atoms with E-state index in [0.717, 1.165) is 12.8 Å². The van der Waals surface area contributed by atoms with Crippen LogP contribution >= 0.6 is 0 Å². The van der Waals surface area contributed by atoms with E-state index in [4.69, 9.17) is 9.84 Å². The number of hydrogen-bond donors (Lipinski definition) is 2. The second-order valence-electron chi connectivity index (χ2n) is 3.82. The van der Waals surface area contributed by atoms with E-state index >= 15 is 0 Å². The van der Waals surface area contributed by atoms with Crippen LogP contribution in [0.25, 0.3) is 0 Å². The van der Waals surface area contributed by atoms with Crippen molar-refractivity contribution in [2.45, 2.75) is 25.8 Å². The van der Waals surface area contributed by atoms with Gasteiger partial charge in [-0.15, -0.1) is 0 Å². The van der Waals surface area contributed by atoms with E-state index in [1.807, 2.05) is 6.92 Å². The number of urea groups is 1. The summed E-state index contributed by atoms with van der Waals surface area (Å²) in [5.41, 5.74) is 0. The maximum atomic E-state index is 11.7. The summed E-state index contributed by atoms with van der Waals surface area (Å²) in [6, 6.07) is 0.0937. The fourth-order valence-electron chi connectivity index (χ4n) is 1.54. The molecule has 1 fully saturated rings. The standard InChI is InChI=1S/C10H20N2O3/c1-9(3-2-6-13)11-10(14)12-4-7-15-8-5-12/h9,13H,2-8H2,1H3,(H,11,14). The summed E-state index contributed by atoms with van der Waals surface area (Å²) in [5.74, 6) is 0. The van der Waals surface area contributed by atoms with Gasteiger partial charge in [-0.3, -0.25) is 0 Å². The van der Waals surface area contributed by atoms with Gasteiger partial charge in [0.15, 0.2) is 0 Å². The van der Waals surface area contributed by atoms with Crippen LogP contribution in [0.15, 0.2) is 0 Å². The molecular weight excluding hydrogens is 196 g/mol. The number of ether oxygens (including phenoxy) is 1. The number of carbonyl (C=O) groups is 1. The van der Waals surface area contributed by atoms with Gasteiger partial charge in [-0.05, 0) is 19.8 Å². The number of nitrogens with one attached hydrogen (secondary N) is 1. The van der Waals surface area contributed by atoms with Gasteiger partial charge in [0.25, 0.3) is 0 Å². The molecule has 0 aliphatic carbocycles. The fourth-order valence-corrected chi connectivity index (χ4v) is 1.54. The zero-order chi connectivity index (χ0) is 11.1. The van der Waals surface area contributed by atoms with Crippen molar-refractivity contribution in [3.05, 3.63) is 0 Å².